The summed E-state index contributed by atoms with van der Waals surface area (Å²) in [6.45, 7) is 0.993. The lowest BCUT2D eigenvalue weighted by Gasteiger charge is -2.03. The summed E-state index contributed by atoms with van der Waals surface area (Å²) in [6.07, 6.45) is 0. The Kier molecular flexibility index (Phi) is 4.30. The lowest BCUT2D eigenvalue weighted by molar-refractivity contribution is 0.105. The Bertz CT molecular complexity index is 472. The van der Waals surface area contributed by atoms with Crippen molar-refractivity contribution < 1.29 is 4.74 Å². The largest absolute Gasteiger partial charge is 0.377 e. The number of hydrogen-bond acceptors (Lipinski definition) is 5. The van der Waals surface area contributed by atoms with E-state index in [1.54, 1.807) is 0 Å². The average molecular weight is 270 g/mol. The normalized spacial score (nSPS) is 10.5. The van der Waals surface area contributed by atoms with E-state index in [4.69, 9.17) is 16.3 Å². The second-order valence-electron chi connectivity index (χ2n) is 3.42. The van der Waals surface area contributed by atoms with Gasteiger partial charge >= 0.3 is 0 Å². The summed E-state index contributed by atoms with van der Waals surface area (Å²) < 4.78 is 9.43. The molecule has 1 aromatic heterocycles. The minimum Gasteiger partial charge on any atom is -0.377 e. The summed E-state index contributed by atoms with van der Waals surface area (Å²) in [6, 6.07) is 7.59. The van der Waals surface area contributed by atoms with Crippen LogP contribution in [0.4, 0.5) is 5.00 Å². The summed E-state index contributed by atoms with van der Waals surface area (Å²) in [7, 11) is 1.85. The van der Waals surface area contributed by atoms with Crippen LogP contribution in [0.25, 0.3) is 0 Å². The van der Waals surface area contributed by atoms with Crippen LogP contribution >= 0.6 is 23.1 Å². The molecule has 0 aliphatic heterocycles. The predicted octanol–water partition coefficient (Wildman–Crippen LogP) is 2.95. The quantitative estimate of drug-likeness (QED) is 0.907. The van der Waals surface area contributed by atoms with Gasteiger partial charge in [-0.2, -0.15) is 0 Å². The van der Waals surface area contributed by atoms with Crippen LogP contribution in [0.15, 0.2) is 24.3 Å². The molecule has 1 heterocycles. The fourth-order valence-electron chi connectivity index (χ4n) is 1.34. The van der Waals surface area contributed by atoms with Crippen LogP contribution in [-0.4, -0.2) is 16.6 Å². The number of anilines is 1. The highest BCUT2D eigenvalue weighted by Gasteiger charge is 2.05. The summed E-state index contributed by atoms with van der Waals surface area (Å²) in [5.41, 5.74) is 1.93. The molecule has 0 unspecified atom stereocenters. The zero-order chi connectivity index (χ0) is 12.1. The fourth-order valence-corrected chi connectivity index (χ4v) is 1.98. The van der Waals surface area contributed by atoms with E-state index in [1.807, 2.05) is 31.3 Å². The van der Waals surface area contributed by atoms with Gasteiger partial charge < -0.3 is 10.1 Å². The number of hydrogen-bond donors (Lipinski definition) is 1. The van der Waals surface area contributed by atoms with E-state index in [0.29, 0.717) is 13.2 Å². The first-order chi connectivity index (χ1) is 8.29. The van der Waals surface area contributed by atoms with Crippen molar-refractivity contribution in [1.29, 1.82) is 0 Å². The Morgan fingerprint density at radius 3 is 2.76 bits per heavy atom. The van der Waals surface area contributed by atoms with Gasteiger partial charge in [0.2, 0.25) is 0 Å². The smallest absolute Gasteiger partial charge is 0.135 e. The molecular weight excluding hydrogens is 258 g/mol. The summed E-state index contributed by atoms with van der Waals surface area (Å²) in [5, 5.41) is 8.70. The minimum absolute atomic E-state index is 0.454. The van der Waals surface area contributed by atoms with Gasteiger partial charge in [0, 0.05) is 23.6 Å². The van der Waals surface area contributed by atoms with Crippen LogP contribution in [0.3, 0.4) is 0 Å². The molecule has 0 atom stereocenters. The highest BCUT2D eigenvalue weighted by atomic mass is 35.5. The maximum Gasteiger partial charge on any atom is 0.135 e. The molecule has 0 amide bonds. The number of aromatic nitrogens is 2. The molecule has 0 aliphatic rings. The van der Waals surface area contributed by atoms with E-state index in [0.717, 1.165) is 21.3 Å². The first-order valence-electron chi connectivity index (χ1n) is 5.11. The standard InChI is InChI=1S/C11H12ClN3OS/c1-13-11-10(14-15-17-11)7-16-6-8-2-4-9(12)5-3-8/h2-5,13H,6-7H2,1H3. The maximum atomic E-state index is 5.80. The Morgan fingerprint density at radius 2 is 2.06 bits per heavy atom. The number of nitrogens with zero attached hydrogens (tertiary/aromatic N) is 2. The molecule has 0 bridgehead atoms. The minimum atomic E-state index is 0.454. The van der Waals surface area contributed by atoms with E-state index in [-0.39, 0.29) is 0 Å². The second kappa shape index (κ2) is 5.95. The third kappa shape index (κ3) is 3.39. The van der Waals surface area contributed by atoms with E-state index in [9.17, 15) is 0 Å². The van der Waals surface area contributed by atoms with Gasteiger partial charge in [0.15, 0.2) is 0 Å². The molecule has 90 valence electrons. The van der Waals surface area contributed by atoms with Gasteiger partial charge in [-0.3, -0.25) is 0 Å². The van der Waals surface area contributed by atoms with Gasteiger partial charge in [-0.05, 0) is 17.7 Å². The molecule has 0 saturated heterocycles. The zero-order valence-electron chi connectivity index (χ0n) is 9.31. The van der Waals surface area contributed by atoms with Crippen molar-refractivity contribution >= 4 is 28.1 Å². The van der Waals surface area contributed by atoms with Gasteiger partial charge in [0.1, 0.15) is 10.7 Å². The molecule has 2 rings (SSSR count). The van der Waals surface area contributed by atoms with Crippen LogP contribution in [0, 0.1) is 0 Å². The Hall–Kier alpha value is -1.17. The zero-order valence-corrected chi connectivity index (χ0v) is 10.9. The van der Waals surface area contributed by atoms with Crippen molar-refractivity contribution in [2.75, 3.05) is 12.4 Å². The molecule has 1 aromatic carbocycles. The van der Waals surface area contributed by atoms with Crippen LogP contribution in [-0.2, 0) is 18.0 Å². The van der Waals surface area contributed by atoms with E-state index >= 15 is 0 Å². The molecule has 1 N–H and O–H groups in total. The van der Waals surface area contributed by atoms with Gasteiger partial charge in [0.05, 0.1) is 13.2 Å². The summed E-state index contributed by atoms with van der Waals surface area (Å²) in [4.78, 5) is 0. The molecule has 2 aromatic rings. The topological polar surface area (TPSA) is 47.0 Å². The number of benzene rings is 1. The lowest BCUT2D eigenvalue weighted by Crippen LogP contribution is -1.97. The third-order valence-corrected chi connectivity index (χ3v) is 3.24. The lowest BCUT2D eigenvalue weighted by atomic mass is 10.2. The highest BCUT2D eigenvalue weighted by molar-refractivity contribution is 7.10. The van der Waals surface area contributed by atoms with E-state index < -0.39 is 0 Å². The Balaban J connectivity index is 1.85. The monoisotopic (exact) mass is 269 g/mol. The van der Waals surface area contributed by atoms with Crippen molar-refractivity contribution in [1.82, 2.24) is 9.59 Å². The van der Waals surface area contributed by atoms with E-state index in [1.165, 1.54) is 11.5 Å². The first-order valence-corrected chi connectivity index (χ1v) is 6.26. The van der Waals surface area contributed by atoms with Crippen molar-refractivity contribution in [3.8, 4) is 0 Å². The summed E-state index contributed by atoms with van der Waals surface area (Å²) >= 11 is 7.13. The van der Waals surface area contributed by atoms with E-state index in [2.05, 4.69) is 14.9 Å². The molecule has 0 radical (unpaired) electrons. The predicted molar refractivity (Wildman–Crippen MR) is 69.4 cm³/mol. The van der Waals surface area contributed by atoms with Crippen molar-refractivity contribution in [2.45, 2.75) is 13.2 Å². The number of rotatable bonds is 5. The van der Waals surface area contributed by atoms with Crippen molar-refractivity contribution in [2.24, 2.45) is 0 Å². The average Bonchev–Trinajstić information content (AvgIpc) is 2.79. The van der Waals surface area contributed by atoms with Crippen LogP contribution in [0.5, 0.6) is 0 Å². The molecule has 0 aliphatic carbocycles. The van der Waals surface area contributed by atoms with Crippen molar-refractivity contribution in [3.05, 3.63) is 40.5 Å². The first kappa shape index (κ1) is 12.3. The van der Waals surface area contributed by atoms with Crippen LogP contribution < -0.4 is 5.32 Å². The van der Waals surface area contributed by atoms with Gasteiger partial charge in [0.25, 0.3) is 0 Å². The number of halogens is 1. The molecule has 4 nitrogen and oxygen atoms in total. The number of ether oxygens (including phenoxy) is 1. The second-order valence-corrected chi connectivity index (χ2v) is 4.61. The van der Waals surface area contributed by atoms with Gasteiger partial charge in [-0.25, -0.2) is 0 Å². The van der Waals surface area contributed by atoms with Crippen LogP contribution in [0.2, 0.25) is 5.02 Å². The third-order valence-electron chi connectivity index (χ3n) is 2.20. The van der Waals surface area contributed by atoms with Crippen LogP contribution in [0.1, 0.15) is 11.3 Å². The number of nitrogens with one attached hydrogen (secondary N) is 1. The Labute approximate surface area is 109 Å². The summed E-state index contributed by atoms with van der Waals surface area (Å²) in [5.74, 6) is 0. The molecular formula is C11H12ClN3OS. The molecule has 17 heavy (non-hydrogen) atoms. The maximum absolute atomic E-state index is 5.80. The fraction of sp³-hybridized carbons (Fsp3) is 0.273. The Morgan fingerprint density at radius 1 is 1.29 bits per heavy atom. The van der Waals surface area contributed by atoms with Gasteiger partial charge in [-0.1, -0.05) is 28.2 Å². The molecule has 6 heteroatoms. The molecule has 0 spiro atoms. The molecule has 0 saturated carbocycles. The van der Waals surface area contributed by atoms with Crippen molar-refractivity contribution in [3.63, 3.8) is 0 Å². The molecule has 0 fully saturated rings. The van der Waals surface area contributed by atoms with Gasteiger partial charge in [-0.15, -0.1) is 5.10 Å². The highest BCUT2D eigenvalue weighted by Crippen LogP contribution is 2.18. The SMILES string of the molecule is CNc1snnc1COCc1ccc(Cl)cc1.